The normalized spacial score (nSPS) is 15.9. The fourth-order valence-corrected chi connectivity index (χ4v) is 4.34. The van der Waals surface area contributed by atoms with Crippen molar-refractivity contribution in [3.05, 3.63) is 59.1 Å². The van der Waals surface area contributed by atoms with Crippen molar-refractivity contribution in [2.45, 2.75) is 0 Å². The van der Waals surface area contributed by atoms with Gasteiger partial charge in [0.2, 0.25) is 10.0 Å². The second-order valence-corrected chi connectivity index (χ2v) is 9.43. The number of hydrogen-bond acceptors (Lipinski definition) is 5. The predicted molar refractivity (Wildman–Crippen MR) is 125 cm³/mol. The van der Waals surface area contributed by atoms with Crippen molar-refractivity contribution in [3.63, 3.8) is 0 Å². The highest BCUT2D eigenvalue weighted by Crippen LogP contribution is 2.29. The van der Waals surface area contributed by atoms with E-state index in [0.717, 1.165) is 42.8 Å². The first-order chi connectivity index (χ1) is 14.8. The van der Waals surface area contributed by atoms with Crippen LogP contribution in [0, 0.1) is 11.3 Å². The smallest absolute Gasteiger partial charge is 0.248 e. The van der Waals surface area contributed by atoms with Crippen LogP contribution >= 0.6 is 0 Å². The van der Waals surface area contributed by atoms with Gasteiger partial charge in [0.05, 0.1) is 0 Å². The number of allylic oxidation sites excluding steroid dienone is 1. The Morgan fingerprint density at radius 2 is 1.68 bits per heavy atom. The molecule has 160 valence electrons. The molecule has 4 rings (SSSR count). The summed E-state index contributed by atoms with van der Waals surface area (Å²) in [5.74, 6) is 0. The molecule has 0 unspecified atom stereocenters. The number of likely N-dealkylation sites (N-methyl/N-ethyl adjacent to an activating group) is 1. The highest BCUT2D eigenvalue weighted by atomic mass is 32.2. The molecule has 8 heteroatoms. The predicted octanol–water partition coefficient (Wildman–Crippen LogP) is 2.75. The van der Waals surface area contributed by atoms with E-state index in [1.54, 1.807) is 12.1 Å². The Hall–Kier alpha value is -3.12. The third kappa shape index (κ3) is 4.35. The minimum Gasteiger partial charge on any atom is -0.369 e. The molecule has 2 N–H and O–H groups in total. The Labute approximate surface area is 182 Å². The van der Waals surface area contributed by atoms with Crippen LogP contribution in [0.25, 0.3) is 28.1 Å². The number of sulfonamides is 1. The molecule has 0 amide bonds. The molecular formula is C23H25N5O2S. The van der Waals surface area contributed by atoms with E-state index in [1.165, 1.54) is 17.1 Å². The summed E-state index contributed by atoms with van der Waals surface area (Å²) in [6, 6.07) is 18.2. The van der Waals surface area contributed by atoms with Crippen LogP contribution in [-0.4, -0.2) is 51.1 Å². The number of aromatic nitrogens is 1. The van der Waals surface area contributed by atoms with Gasteiger partial charge in [0.15, 0.2) is 4.91 Å². The Kier molecular flexibility index (Phi) is 5.58. The second kappa shape index (κ2) is 8.19. The maximum absolute atomic E-state index is 11.5. The monoisotopic (exact) mass is 435 g/mol. The molecule has 1 aliphatic rings. The summed E-state index contributed by atoms with van der Waals surface area (Å²) in [6.45, 7) is 4.20. The maximum Gasteiger partial charge on any atom is 0.248 e. The van der Waals surface area contributed by atoms with Gasteiger partial charge in [0.1, 0.15) is 6.07 Å². The quantitative estimate of drug-likeness (QED) is 0.636. The third-order valence-corrected chi connectivity index (χ3v) is 6.67. The minimum atomic E-state index is -4.05. The molecule has 0 radical (unpaired) electrons. The van der Waals surface area contributed by atoms with Gasteiger partial charge < -0.3 is 14.4 Å². The first-order valence-electron chi connectivity index (χ1n) is 10.0. The number of primary sulfonamides is 1. The highest BCUT2D eigenvalue weighted by molar-refractivity contribution is 7.93. The lowest BCUT2D eigenvalue weighted by atomic mass is 10.0. The van der Waals surface area contributed by atoms with Gasteiger partial charge >= 0.3 is 0 Å². The van der Waals surface area contributed by atoms with E-state index in [1.807, 2.05) is 17.7 Å². The van der Waals surface area contributed by atoms with Crippen LogP contribution in [0.5, 0.6) is 0 Å². The van der Waals surface area contributed by atoms with Crippen molar-refractivity contribution in [3.8, 4) is 17.3 Å². The number of nitrogens with two attached hydrogens (primary N) is 1. The molecule has 3 aromatic rings. The highest BCUT2D eigenvalue weighted by Gasteiger charge is 2.16. The van der Waals surface area contributed by atoms with Gasteiger partial charge in [-0.1, -0.05) is 18.2 Å². The van der Waals surface area contributed by atoms with Crippen molar-refractivity contribution in [2.75, 3.05) is 38.1 Å². The molecule has 7 nitrogen and oxygen atoms in total. The number of nitriles is 1. The number of rotatable bonds is 4. The number of anilines is 1. The minimum absolute atomic E-state index is 0.463. The Bertz CT molecular complexity index is 1310. The molecule has 1 aliphatic heterocycles. The molecule has 0 aliphatic carbocycles. The van der Waals surface area contributed by atoms with E-state index in [0.29, 0.717) is 5.69 Å². The van der Waals surface area contributed by atoms with E-state index in [4.69, 9.17) is 10.4 Å². The lowest BCUT2D eigenvalue weighted by molar-refractivity contribution is 0.313. The summed E-state index contributed by atoms with van der Waals surface area (Å²) in [5.41, 5.74) is 3.76. The zero-order chi connectivity index (χ0) is 22.2. The molecule has 1 fully saturated rings. The van der Waals surface area contributed by atoms with Crippen molar-refractivity contribution in [1.82, 2.24) is 9.47 Å². The van der Waals surface area contributed by atoms with Gasteiger partial charge in [0, 0.05) is 50.3 Å². The van der Waals surface area contributed by atoms with E-state index < -0.39 is 14.9 Å². The number of benzene rings is 2. The summed E-state index contributed by atoms with van der Waals surface area (Å²) in [5, 5.41) is 16.5. The van der Waals surface area contributed by atoms with Crippen molar-refractivity contribution >= 4 is 32.6 Å². The Morgan fingerprint density at radius 3 is 2.35 bits per heavy atom. The fourth-order valence-electron chi connectivity index (χ4n) is 3.93. The lowest BCUT2D eigenvalue weighted by Crippen LogP contribution is -2.44. The number of fused-ring (bicyclic) bond motifs is 1. The fraction of sp³-hybridized carbons (Fsp3) is 0.261. The zero-order valence-corrected chi connectivity index (χ0v) is 18.4. The molecule has 0 bridgehead atoms. The molecule has 2 heterocycles. The standard InChI is InChI=1S/C23H25N5O2S/c1-26-9-11-28(12-10-26)21-6-5-17-13-19(4-3-18(17)14-21)23-8-7-20(27(23)2)15-22(16-24)31(25,29)30/h3-8,13-15H,9-12H2,1-2H3,(H2,25,29,30). The average molecular weight is 436 g/mol. The van der Waals surface area contributed by atoms with Crippen LogP contribution in [0.3, 0.4) is 0 Å². The summed E-state index contributed by atoms with van der Waals surface area (Å²) >= 11 is 0. The molecule has 2 aromatic carbocycles. The van der Waals surface area contributed by atoms with Crippen LogP contribution in [0.1, 0.15) is 5.69 Å². The van der Waals surface area contributed by atoms with Gasteiger partial charge in [-0.3, -0.25) is 0 Å². The van der Waals surface area contributed by atoms with Crippen LogP contribution in [0.15, 0.2) is 53.4 Å². The topological polar surface area (TPSA) is 95.4 Å². The molecule has 1 aromatic heterocycles. The lowest BCUT2D eigenvalue weighted by Gasteiger charge is -2.34. The van der Waals surface area contributed by atoms with E-state index >= 15 is 0 Å². The summed E-state index contributed by atoms with van der Waals surface area (Å²) in [4.78, 5) is 4.30. The average Bonchev–Trinajstić information content (AvgIpc) is 3.11. The zero-order valence-electron chi connectivity index (χ0n) is 17.6. The molecular weight excluding hydrogens is 410 g/mol. The Morgan fingerprint density at radius 1 is 1.00 bits per heavy atom. The first-order valence-corrected chi connectivity index (χ1v) is 11.6. The van der Waals surface area contributed by atoms with Crippen molar-refractivity contribution < 1.29 is 8.42 Å². The molecule has 0 saturated carbocycles. The van der Waals surface area contributed by atoms with E-state index in [9.17, 15) is 8.42 Å². The van der Waals surface area contributed by atoms with Crippen LogP contribution in [-0.2, 0) is 17.1 Å². The summed E-state index contributed by atoms with van der Waals surface area (Å²) < 4.78 is 24.9. The van der Waals surface area contributed by atoms with E-state index in [2.05, 4.69) is 53.2 Å². The van der Waals surface area contributed by atoms with Crippen molar-refractivity contribution in [2.24, 2.45) is 12.2 Å². The van der Waals surface area contributed by atoms with Crippen molar-refractivity contribution in [1.29, 1.82) is 5.26 Å². The van der Waals surface area contributed by atoms with Gasteiger partial charge in [-0.15, -0.1) is 0 Å². The molecule has 0 spiro atoms. The summed E-state index contributed by atoms with van der Waals surface area (Å²) in [7, 11) is -0.0645. The maximum atomic E-state index is 11.5. The largest absolute Gasteiger partial charge is 0.369 e. The van der Waals surface area contributed by atoms with Gasteiger partial charge in [-0.25, -0.2) is 13.6 Å². The number of piperazine rings is 1. The third-order valence-electron chi connectivity index (χ3n) is 5.84. The number of hydrogen-bond donors (Lipinski definition) is 1. The Balaban J connectivity index is 1.65. The first kappa shape index (κ1) is 21.1. The molecule has 31 heavy (non-hydrogen) atoms. The van der Waals surface area contributed by atoms with Gasteiger partial charge in [-0.05, 0) is 59.8 Å². The molecule has 1 saturated heterocycles. The number of nitrogens with zero attached hydrogens (tertiary/aromatic N) is 4. The van der Waals surface area contributed by atoms with Gasteiger partial charge in [-0.2, -0.15) is 5.26 Å². The van der Waals surface area contributed by atoms with Gasteiger partial charge in [0.25, 0.3) is 0 Å². The van der Waals surface area contributed by atoms with Crippen LogP contribution < -0.4 is 10.0 Å². The molecule has 0 atom stereocenters. The van der Waals surface area contributed by atoms with E-state index in [-0.39, 0.29) is 0 Å². The van der Waals surface area contributed by atoms with Crippen LogP contribution in [0.2, 0.25) is 0 Å². The van der Waals surface area contributed by atoms with Crippen LogP contribution in [0.4, 0.5) is 5.69 Å². The second-order valence-electron chi connectivity index (χ2n) is 7.90. The summed E-state index contributed by atoms with van der Waals surface area (Å²) in [6.07, 6.45) is 1.29. The SMILES string of the molecule is CN1CCN(c2ccc3cc(-c4ccc(C=C(C#N)S(N)(=O)=O)n4C)ccc3c2)CC1.